The van der Waals surface area contributed by atoms with E-state index in [1.54, 1.807) is 0 Å². The summed E-state index contributed by atoms with van der Waals surface area (Å²) in [4.78, 5) is 8.82. The van der Waals surface area contributed by atoms with Crippen LogP contribution >= 0.6 is 0 Å². The summed E-state index contributed by atoms with van der Waals surface area (Å²) >= 11 is 0. The average molecular weight is 281 g/mol. The van der Waals surface area contributed by atoms with Gasteiger partial charge < -0.3 is 11.1 Å². The van der Waals surface area contributed by atoms with E-state index in [9.17, 15) is 5.26 Å². The van der Waals surface area contributed by atoms with Crippen LogP contribution in [0.1, 0.15) is 42.3 Å². The molecule has 0 fully saturated rings. The maximum Gasteiger partial charge on any atom is 0.139 e. The highest BCUT2D eigenvalue weighted by atomic mass is 15.1. The van der Waals surface area contributed by atoms with Crippen molar-refractivity contribution < 1.29 is 0 Å². The molecular formula is C16H19N5. The molecule has 0 saturated heterocycles. The van der Waals surface area contributed by atoms with E-state index in [4.69, 9.17) is 5.73 Å². The van der Waals surface area contributed by atoms with E-state index in [2.05, 4.69) is 21.4 Å². The van der Waals surface area contributed by atoms with Crippen LogP contribution in [0.3, 0.4) is 0 Å². The molecular weight excluding hydrogens is 262 g/mol. The van der Waals surface area contributed by atoms with Crippen LogP contribution in [0.15, 0.2) is 18.2 Å². The fraction of sp³-hybridized carbons (Fsp3) is 0.312. The van der Waals surface area contributed by atoms with Gasteiger partial charge in [0.25, 0.3) is 0 Å². The zero-order chi connectivity index (χ0) is 15.6. The van der Waals surface area contributed by atoms with Crippen LogP contribution in [0, 0.1) is 25.2 Å². The van der Waals surface area contributed by atoms with Crippen molar-refractivity contribution in [1.82, 2.24) is 9.97 Å². The largest absolute Gasteiger partial charge is 0.383 e. The van der Waals surface area contributed by atoms with Crippen molar-refractivity contribution in [3.63, 3.8) is 0 Å². The Hall–Kier alpha value is -2.61. The zero-order valence-electron chi connectivity index (χ0n) is 12.7. The van der Waals surface area contributed by atoms with E-state index >= 15 is 0 Å². The van der Waals surface area contributed by atoms with Gasteiger partial charge in [0.05, 0.1) is 11.3 Å². The van der Waals surface area contributed by atoms with Crippen molar-refractivity contribution in [2.24, 2.45) is 0 Å². The van der Waals surface area contributed by atoms with Crippen LogP contribution in [-0.2, 0) is 0 Å². The molecule has 0 atom stereocenters. The predicted molar refractivity (Wildman–Crippen MR) is 84.4 cm³/mol. The number of rotatable bonds is 3. The molecule has 1 aromatic heterocycles. The summed E-state index contributed by atoms with van der Waals surface area (Å²) in [5, 5.41) is 12.5. The van der Waals surface area contributed by atoms with Gasteiger partial charge in [-0.1, -0.05) is 26.0 Å². The van der Waals surface area contributed by atoms with Crippen LogP contribution in [0.25, 0.3) is 0 Å². The highest BCUT2D eigenvalue weighted by Gasteiger charge is 2.13. The minimum atomic E-state index is 0.182. The van der Waals surface area contributed by atoms with Gasteiger partial charge >= 0.3 is 0 Å². The molecule has 5 heteroatoms. The third kappa shape index (κ3) is 2.95. The minimum Gasteiger partial charge on any atom is -0.383 e. The van der Waals surface area contributed by atoms with Gasteiger partial charge in [0.15, 0.2) is 0 Å². The molecule has 0 amide bonds. The molecule has 0 aliphatic carbocycles. The molecule has 0 bridgehead atoms. The fourth-order valence-corrected chi connectivity index (χ4v) is 1.98. The Bertz CT molecular complexity index is 713. The molecule has 21 heavy (non-hydrogen) atoms. The summed E-state index contributed by atoms with van der Waals surface area (Å²) in [5.41, 5.74) is 9.00. The number of anilines is 3. The van der Waals surface area contributed by atoms with Gasteiger partial charge in [-0.3, -0.25) is 0 Å². The third-order valence-electron chi connectivity index (χ3n) is 3.35. The Kier molecular flexibility index (Phi) is 4.08. The first-order chi connectivity index (χ1) is 9.93. The van der Waals surface area contributed by atoms with E-state index in [1.807, 2.05) is 45.9 Å². The SMILES string of the molecule is Cc1cccc(Nc2nc(C(C)C)nc(N)c2C)c1C#N. The van der Waals surface area contributed by atoms with Crippen molar-refractivity contribution in [3.8, 4) is 6.07 Å². The molecule has 0 spiro atoms. The van der Waals surface area contributed by atoms with Crippen molar-refractivity contribution >= 4 is 17.3 Å². The highest BCUT2D eigenvalue weighted by molar-refractivity contribution is 5.69. The van der Waals surface area contributed by atoms with Crippen LogP contribution in [-0.4, -0.2) is 9.97 Å². The van der Waals surface area contributed by atoms with Crippen LogP contribution < -0.4 is 11.1 Å². The topological polar surface area (TPSA) is 87.6 Å². The smallest absolute Gasteiger partial charge is 0.139 e. The predicted octanol–water partition coefficient (Wildman–Crippen LogP) is 3.41. The first-order valence-corrected chi connectivity index (χ1v) is 6.84. The Morgan fingerprint density at radius 3 is 2.57 bits per heavy atom. The lowest BCUT2D eigenvalue weighted by Gasteiger charge is -2.14. The van der Waals surface area contributed by atoms with Gasteiger partial charge in [0.2, 0.25) is 0 Å². The maximum atomic E-state index is 9.30. The molecule has 5 nitrogen and oxygen atoms in total. The zero-order valence-corrected chi connectivity index (χ0v) is 12.7. The van der Waals surface area contributed by atoms with Crippen molar-refractivity contribution in [2.75, 3.05) is 11.1 Å². The fourth-order valence-electron chi connectivity index (χ4n) is 1.98. The average Bonchev–Trinajstić information content (AvgIpc) is 2.43. The molecule has 1 aromatic carbocycles. The van der Waals surface area contributed by atoms with Crippen LogP contribution in [0.5, 0.6) is 0 Å². The Labute approximate surface area is 124 Å². The second-order valence-corrected chi connectivity index (χ2v) is 5.33. The number of benzene rings is 1. The second-order valence-electron chi connectivity index (χ2n) is 5.33. The highest BCUT2D eigenvalue weighted by Crippen LogP contribution is 2.27. The quantitative estimate of drug-likeness (QED) is 0.900. The van der Waals surface area contributed by atoms with Gasteiger partial charge in [-0.15, -0.1) is 0 Å². The van der Waals surface area contributed by atoms with Crippen molar-refractivity contribution in [3.05, 3.63) is 40.7 Å². The van der Waals surface area contributed by atoms with Crippen LogP contribution in [0.2, 0.25) is 0 Å². The summed E-state index contributed by atoms with van der Waals surface area (Å²) in [6.07, 6.45) is 0. The summed E-state index contributed by atoms with van der Waals surface area (Å²) in [5.74, 6) is 1.98. The number of aryl methyl sites for hydroxylation is 1. The first kappa shape index (κ1) is 14.8. The van der Waals surface area contributed by atoms with Gasteiger partial charge in [-0.05, 0) is 25.5 Å². The van der Waals surface area contributed by atoms with Crippen LogP contribution in [0.4, 0.5) is 17.3 Å². The van der Waals surface area contributed by atoms with E-state index < -0.39 is 0 Å². The number of nitrogens with zero attached hydrogens (tertiary/aromatic N) is 3. The lowest BCUT2D eigenvalue weighted by atomic mass is 10.1. The number of aromatic nitrogens is 2. The number of nitriles is 1. The molecule has 2 aromatic rings. The Balaban J connectivity index is 2.50. The number of nitrogens with two attached hydrogens (primary N) is 1. The molecule has 0 radical (unpaired) electrons. The molecule has 0 aliphatic rings. The summed E-state index contributed by atoms with van der Waals surface area (Å²) < 4.78 is 0. The Morgan fingerprint density at radius 2 is 1.95 bits per heavy atom. The van der Waals surface area contributed by atoms with E-state index in [-0.39, 0.29) is 5.92 Å². The monoisotopic (exact) mass is 281 g/mol. The van der Waals surface area contributed by atoms with Gasteiger partial charge in [0.1, 0.15) is 23.5 Å². The molecule has 108 valence electrons. The number of nitrogens with one attached hydrogen (secondary N) is 1. The van der Waals surface area contributed by atoms with Gasteiger partial charge in [-0.25, -0.2) is 9.97 Å². The molecule has 0 saturated carbocycles. The van der Waals surface area contributed by atoms with E-state index in [1.165, 1.54) is 0 Å². The Morgan fingerprint density at radius 1 is 1.24 bits per heavy atom. The lowest BCUT2D eigenvalue weighted by molar-refractivity contribution is 0.776. The van der Waals surface area contributed by atoms with Gasteiger partial charge in [0, 0.05) is 11.5 Å². The van der Waals surface area contributed by atoms with Gasteiger partial charge in [-0.2, -0.15) is 5.26 Å². The lowest BCUT2D eigenvalue weighted by Crippen LogP contribution is -2.08. The standard InChI is InChI=1S/C16H19N5/c1-9(2)15-20-14(18)11(4)16(21-15)19-13-7-5-6-10(3)12(13)8-17/h5-7,9H,1-4H3,(H3,18,19,20,21). The summed E-state index contributed by atoms with van der Waals surface area (Å²) in [6.45, 7) is 7.80. The first-order valence-electron chi connectivity index (χ1n) is 6.84. The second kappa shape index (κ2) is 5.80. The number of hydrogen-bond acceptors (Lipinski definition) is 5. The number of hydrogen-bond donors (Lipinski definition) is 2. The maximum absolute atomic E-state index is 9.30. The molecule has 2 rings (SSSR count). The molecule has 0 aliphatic heterocycles. The molecule has 3 N–H and O–H groups in total. The molecule has 1 heterocycles. The minimum absolute atomic E-state index is 0.182. The normalized spacial score (nSPS) is 10.5. The van der Waals surface area contributed by atoms with Crippen molar-refractivity contribution in [1.29, 1.82) is 5.26 Å². The number of nitrogen functional groups attached to an aromatic ring is 1. The van der Waals surface area contributed by atoms with E-state index in [0.29, 0.717) is 23.0 Å². The summed E-state index contributed by atoms with van der Waals surface area (Å²) in [7, 11) is 0. The van der Waals surface area contributed by atoms with E-state index in [0.717, 1.165) is 16.8 Å². The summed E-state index contributed by atoms with van der Waals surface area (Å²) in [6, 6.07) is 7.89. The molecule has 0 unspecified atom stereocenters. The third-order valence-corrected chi connectivity index (χ3v) is 3.35. The van der Waals surface area contributed by atoms with Crippen molar-refractivity contribution in [2.45, 2.75) is 33.6 Å².